The van der Waals surface area contributed by atoms with E-state index in [0.717, 1.165) is 16.8 Å². The average molecular weight is 484 g/mol. The highest BCUT2D eigenvalue weighted by Crippen LogP contribution is 2.24. The third-order valence-electron chi connectivity index (χ3n) is 4.01. The van der Waals surface area contributed by atoms with E-state index in [9.17, 15) is 24.8 Å². The zero-order chi connectivity index (χ0) is 22.4. The number of amides is 1. The Morgan fingerprint density at radius 2 is 1.81 bits per heavy atom. The van der Waals surface area contributed by atoms with Gasteiger partial charge in [-0.3, -0.25) is 14.9 Å². The number of rotatable bonds is 6. The van der Waals surface area contributed by atoms with E-state index in [1.807, 2.05) is 0 Å². The van der Waals surface area contributed by atoms with Crippen LogP contribution in [0.1, 0.15) is 26.3 Å². The van der Waals surface area contributed by atoms with Crippen LogP contribution in [-0.2, 0) is 0 Å². The fraction of sp³-hybridized carbons (Fsp3) is 0. The number of carbonyl (C=O) groups excluding carboxylic acids is 2. The second-order valence-electron chi connectivity index (χ2n) is 6.09. The Labute approximate surface area is 184 Å². The van der Waals surface area contributed by atoms with E-state index >= 15 is 0 Å². The summed E-state index contributed by atoms with van der Waals surface area (Å²) in [6, 6.07) is 15.9. The summed E-state index contributed by atoms with van der Waals surface area (Å²) in [4.78, 5) is 35.0. The minimum atomic E-state index is -0.687. The average Bonchev–Trinajstić information content (AvgIpc) is 2.75. The van der Waals surface area contributed by atoms with E-state index in [2.05, 4.69) is 26.5 Å². The maximum Gasteiger partial charge on any atom is 0.343 e. The molecule has 0 radical (unpaired) electrons. The fourth-order valence-electron chi connectivity index (χ4n) is 2.47. The third-order valence-corrected chi connectivity index (χ3v) is 4.53. The first-order valence-corrected chi connectivity index (χ1v) is 9.52. The second kappa shape index (κ2) is 9.63. The van der Waals surface area contributed by atoms with Crippen LogP contribution >= 0.6 is 15.9 Å². The number of phenolic OH excluding ortho intramolecular Hbond substituents is 1. The van der Waals surface area contributed by atoms with Gasteiger partial charge in [0.1, 0.15) is 11.5 Å². The standard InChI is InChI=1S/C21H14BrN3O6/c22-15-7-5-13(6-8-15)21(28)31-19-10-9-16(25(29)30)11-14(19)12-23-24-20(27)17-3-1-2-4-18(17)26/h1-12,26H,(H,24,27)/b23-12+. The first-order valence-electron chi connectivity index (χ1n) is 8.73. The monoisotopic (exact) mass is 483 g/mol. The second-order valence-corrected chi connectivity index (χ2v) is 7.01. The topological polar surface area (TPSA) is 131 Å². The molecule has 0 spiro atoms. The zero-order valence-electron chi connectivity index (χ0n) is 15.7. The van der Waals surface area contributed by atoms with Crippen molar-refractivity contribution in [2.75, 3.05) is 0 Å². The number of nitrogens with one attached hydrogen (secondary N) is 1. The van der Waals surface area contributed by atoms with Crippen LogP contribution in [0.2, 0.25) is 0 Å². The minimum absolute atomic E-state index is 0.000539. The maximum absolute atomic E-state index is 12.4. The molecular formula is C21H14BrN3O6. The lowest BCUT2D eigenvalue weighted by Gasteiger charge is -2.08. The van der Waals surface area contributed by atoms with E-state index in [1.165, 1.54) is 24.3 Å². The molecule has 0 bridgehead atoms. The molecule has 0 aliphatic heterocycles. The van der Waals surface area contributed by atoms with Crippen molar-refractivity contribution < 1.29 is 24.4 Å². The van der Waals surface area contributed by atoms with E-state index < -0.39 is 16.8 Å². The summed E-state index contributed by atoms with van der Waals surface area (Å²) in [6.45, 7) is 0. The van der Waals surface area contributed by atoms with Crippen molar-refractivity contribution >= 4 is 39.7 Å². The quantitative estimate of drug-likeness (QED) is 0.179. The van der Waals surface area contributed by atoms with Crippen LogP contribution in [0.5, 0.6) is 11.5 Å². The predicted octanol–water partition coefficient (Wildman–Crippen LogP) is 4.05. The highest BCUT2D eigenvalue weighted by molar-refractivity contribution is 9.10. The van der Waals surface area contributed by atoms with Gasteiger partial charge >= 0.3 is 5.97 Å². The molecule has 10 heteroatoms. The summed E-state index contributed by atoms with van der Waals surface area (Å²) in [6.07, 6.45) is 1.11. The number of non-ortho nitro benzene ring substituents is 1. The number of hydrogen-bond acceptors (Lipinski definition) is 7. The van der Waals surface area contributed by atoms with Crippen molar-refractivity contribution in [1.82, 2.24) is 5.43 Å². The molecule has 0 aromatic heterocycles. The number of hydrazone groups is 1. The number of nitro groups is 1. The lowest BCUT2D eigenvalue weighted by Crippen LogP contribution is -2.18. The van der Waals surface area contributed by atoms with Gasteiger partial charge in [0.25, 0.3) is 11.6 Å². The molecule has 1 amide bonds. The Bertz CT molecular complexity index is 1180. The molecule has 3 aromatic rings. The summed E-state index contributed by atoms with van der Waals surface area (Å²) in [5.41, 5.74) is 2.33. The van der Waals surface area contributed by atoms with Crippen LogP contribution in [0.3, 0.4) is 0 Å². The molecule has 3 aromatic carbocycles. The summed E-state index contributed by atoms with van der Waals surface area (Å²) in [5, 5.41) is 24.6. The predicted molar refractivity (Wildman–Crippen MR) is 115 cm³/mol. The number of ether oxygens (including phenoxy) is 1. The van der Waals surface area contributed by atoms with Gasteiger partial charge in [-0.2, -0.15) is 5.10 Å². The Morgan fingerprint density at radius 3 is 2.48 bits per heavy atom. The number of aromatic hydroxyl groups is 1. The van der Waals surface area contributed by atoms with Crippen LogP contribution in [-0.4, -0.2) is 28.1 Å². The molecule has 2 N–H and O–H groups in total. The van der Waals surface area contributed by atoms with Crippen LogP contribution in [0.25, 0.3) is 0 Å². The van der Waals surface area contributed by atoms with Crippen LogP contribution < -0.4 is 10.2 Å². The Balaban J connectivity index is 1.82. The van der Waals surface area contributed by atoms with Gasteiger partial charge in [-0.05, 0) is 42.5 Å². The van der Waals surface area contributed by atoms with Crippen molar-refractivity contribution in [2.45, 2.75) is 0 Å². The van der Waals surface area contributed by atoms with E-state index in [0.29, 0.717) is 0 Å². The first kappa shape index (κ1) is 21.7. The van der Waals surface area contributed by atoms with Gasteiger partial charge in [0.05, 0.1) is 22.3 Å². The number of halogens is 1. The molecule has 9 nitrogen and oxygen atoms in total. The number of carbonyl (C=O) groups is 2. The Morgan fingerprint density at radius 1 is 1.10 bits per heavy atom. The first-order chi connectivity index (χ1) is 14.8. The molecule has 0 saturated heterocycles. The van der Waals surface area contributed by atoms with Gasteiger partial charge in [-0.25, -0.2) is 10.2 Å². The largest absolute Gasteiger partial charge is 0.507 e. The van der Waals surface area contributed by atoms with E-state index in [-0.39, 0.29) is 33.9 Å². The van der Waals surface area contributed by atoms with Gasteiger partial charge in [0.15, 0.2) is 0 Å². The highest BCUT2D eigenvalue weighted by atomic mass is 79.9. The van der Waals surface area contributed by atoms with Crippen molar-refractivity contribution in [3.8, 4) is 11.5 Å². The van der Waals surface area contributed by atoms with Crippen LogP contribution in [0, 0.1) is 10.1 Å². The van der Waals surface area contributed by atoms with Gasteiger partial charge in [0.2, 0.25) is 0 Å². The highest BCUT2D eigenvalue weighted by Gasteiger charge is 2.15. The normalized spacial score (nSPS) is 10.6. The zero-order valence-corrected chi connectivity index (χ0v) is 17.3. The molecule has 0 fully saturated rings. The van der Waals surface area contributed by atoms with Gasteiger partial charge in [-0.15, -0.1) is 0 Å². The number of para-hydroxylation sites is 1. The minimum Gasteiger partial charge on any atom is -0.507 e. The number of phenols is 1. The van der Waals surface area contributed by atoms with E-state index in [4.69, 9.17) is 4.74 Å². The van der Waals surface area contributed by atoms with Crippen molar-refractivity contribution in [3.05, 3.63) is 98.0 Å². The fourth-order valence-corrected chi connectivity index (χ4v) is 2.74. The molecule has 156 valence electrons. The SMILES string of the molecule is O=C(Oc1ccc([N+](=O)[O-])cc1/C=N/NC(=O)c1ccccc1O)c1ccc(Br)cc1. The van der Waals surface area contributed by atoms with Gasteiger partial charge < -0.3 is 9.84 Å². The lowest BCUT2D eigenvalue weighted by molar-refractivity contribution is -0.384. The summed E-state index contributed by atoms with van der Waals surface area (Å²) < 4.78 is 6.13. The molecule has 0 aliphatic carbocycles. The van der Waals surface area contributed by atoms with Crippen molar-refractivity contribution in [1.29, 1.82) is 0 Å². The Kier molecular flexibility index (Phi) is 6.73. The van der Waals surface area contributed by atoms with E-state index in [1.54, 1.807) is 36.4 Å². The summed E-state index contributed by atoms with van der Waals surface area (Å²) in [7, 11) is 0. The number of nitro benzene ring substituents is 1. The molecule has 3 rings (SSSR count). The lowest BCUT2D eigenvalue weighted by atomic mass is 10.2. The van der Waals surface area contributed by atoms with Crippen LogP contribution in [0.4, 0.5) is 5.69 Å². The van der Waals surface area contributed by atoms with Crippen LogP contribution in [0.15, 0.2) is 76.3 Å². The maximum atomic E-state index is 12.4. The third kappa shape index (κ3) is 5.52. The molecule has 0 aliphatic rings. The number of nitrogens with zero attached hydrogens (tertiary/aromatic N) is 2. The molecule has 0 atom stereocenters. The van der Waals surface area contributed by atoms with Gasteiger partial charge in [0, 0.05) is 22.2 Å². The number of hydrogen-bond donors (Lipinski definition) is 2. The smallest absolute Gasteiger partial charge is 0.343 e. The molecule has 0 unspecified atom stereocenters. The molecular weight excluding hydrogens is 470 g/mol. The van der Waals surface area contributed by atoms with Gasteiger partial charge in [-0.1, -0.05) is 28.1 Å². The summed E-state index contributed by atoms with van der Waals surface area (Å²) >= 11 is 3.27. The van der Waals surface area contributed by atoms with Crippen molar-refractivity contribution in [3.63, 3.8) is 0 Å². The molecule has 0 heterocycles. The number of esters is 1. The number of benzene rings is 3. The Hall–Kier alpha value is -4.05. The molecule has 0 saturated carbocycles. The summed E-state index contributed by atoms with van der Waals surface area (Å²) in [5.74, 6) is -1.57. The van der Waals surface area contributed by atoms with Crippen molar-refractivity contribution in [2.24, 2.45) is 5.10 Å². The molecule has 31 heavy (non-hydrogen) atoms.